The van der Waals surface area contributed by atoms with Crippen LogP contribution in [0.4, 0.5) is 10.1 Å². The Morgan fingerprint density at radius 3 is 2.79 bits per heavy atom. The van der Waals surface area contributed by atoms with Crippen molar-refractivity contribution < 1.29 is 9.18 Å². The van der Waals surface area contributed by atoms with Crippen LogP contribution >= 0.6 is 22.9 Å². The summed E-state index contributed by atoms with van der Waals surface area (Å²) in [5.74, 6) is -0.421. The normalized spacial score (nSPS) is 16.6. The van der Waals surface area contributed by atoms with Crippen molar-refractivity contribution in [3.05, 3.63) is 75.2 Å². The summed E-state index contributed by atoms with van der Waals surface area (Å²) in [6, 6.07) is 14.0. The molecule has 2 aromatic carbocycles. The Kier molecular flexibility index (Phi) is 3.87. The Balaban J connectivity index is 1.85. The van der Waals surface area contributed by atoms with Gasteiger partial charge in [0.1, 0.15) is 5.82 Å². The van der Waals surface area contributed by atoms with Crippen molar-refractivity contribution in [3.8, 4) is 11.1 Å². The zero-order valence-electron chi connectivity index (χ0n) is 12.6. The minimum Gasteiger partial charge on any atom is -0.325 e. The summed E-state index contributed by atoms with van der Waals surface area (Å²) in [6.07, 6.45) is 0.361. The molecule has 120 valence electrons. The highest BCUT2D eigenvalue weighted by molar-refractivity contribution is 7.11. The van der Waals surface area contributed by atoms with Crippen molar-refractivity contribution in [2.45, 2.75) is 12.3 Å². The zero-order valence-corrected chi connectivity index (χ0v) is 14.1. The number of carbonyl (C=O) groups excluding carboxylic acids is 1. The van der Waals surface area contributed by atoms with Gasteiger partial charge in [-0.3, -0.25) is 4.79 Å². The summed E-state index contributed by atoms with van der Waals surface area (Å²) >= 11 is 7.91. The maximum atomic E-state index is 13.6. The molecule has 0 aliphatic carbocycles. The number of thiophene rings is 1. The van der Waals surface area contributed by atoms with Crippen LogP contribution in [0.25, 0.3) is 11.1 Å². The Morgan fingerprint density at radius 2 is 2.00 bits per heavy atom. The lowest BCUT2D eigenvalue weighted by molar-refractivity contribution is -0.116. The van der Waals surface area contributed by atoms with E-state index in [9.17, 15) is 9.18 Å². The molecule has 2 heterocycles. The van der Waals surface area contributed by atoms with E-state index in [0.717, 1.165) is 27.3 Å². The Hall–Kier alpha value is -2.17. The number of carbonyl (C=O) groups is 1. The first-order valence-electron chi connectivity index (χ1n) is 7.55. The molecule has 0 saturated carbocycles. The summed E-state index contributed by atoms with van der Waals surface area (Å²) < 4.78 is 13.6. The van der Waals surface area contributed by atoms with Crippen LogP contribution in [0.2, 0.25) is 5.02 Å². The largest absolute Gasteiger partial charge is 0.325 e. The van der Waals surface area contributed by atoms with Crippen molar-refractivity contribution in [1.82, 2.24) is 0 Å². The number of halogens is 2. The van der Waals surface area contributed by atoms with Gasteiger partial charge in [0.2, 0.25) is 5.91 Å². The standard InChI is InChI=1S/C19H13ClFNOS/c20-16-7-2-1-6-13(16)14-9-17(23)22-18-15(10-24-19(14)18)11-4-3-5-12(21)8-11/h1-8,10,14H,9H2,(H,22,23). The van der Waals surface area contributed by atoms with Gasteiger partial charge in [-0.05, 0) is 29.3 Å². The van der Waals surface area contributed by atoms with E-state index >= 15 is 0 Å². The minimum absolute atomic E-state index is 0.0523. The molecule has 24 heavy (non-hydrogen) atoms. The average molecular weight is 358 g/mol. The molecule has 1 aliphatic rings. The SMILES string of the molecule is O=C1CC(c2ccccc2Cl)c2scc(-c3cccc(F)c3)c2N1. The number of hydrogen-bond donors (Lipinski definition) is 1. The molecule has 4 rings (SSSR count). The first-order chi connectivity index (χ1) is 11.6. The van der Waals surface area contributed by atoms with Gasteiger partial charge in [-0.25, -0.2) is 4.39 Å². The summed E-state index contributed by atoms with van der Waals surface area (Å²) in [6.45, 7) is 0. The molecule has 1 amide bonds. The smallest absolute Gasteiger partial charge is 0.225 e. The predicted molar refractivity (Wildman–Crippen MR) is 96.3 cm³/mol. The molecule has 0 radical (unpaired) electrons. The number of hydrogen-bond acceptors (Lipinski definition) is 2. The van der Waals surface area contributed by atoms with Gasteiger partial charge in [0, 0.05) is 33.2 Å². The fourth-order valence-electron chi connectivity index (χ4n) is 3.10. The molecule has 5 heteroatoms. The Morgan fingerprint density at radius 1 is 1.17 bits per heavy atom. The highest BCUT2D eigenvalue weighted by Gasteiger charge is 2.31. The molecule has 0 fully saturated rings. The lowest BCUT2D eigenvalue weighted by Crippen LogP contribution is -2.22. The monoisotopic (exact) mass is 357 g/mol. The van der Waals surface area contributed by atoms with Crippen LogP contribution in [0, 0.1) is 5.82 Å². The van der Waals surface area contributed by atoms with Gasteiger partial charge in [0.05, 0.1) is 5.69 Å². The summed E-state index contributed by atoms with van der Waals surface area (Å²) in [5.41, 5.74) is 3.32. The van der Waals surface area contributed by atoms with Crippen LogP contribution in [-0.2, 0) is 4.79 Å². The lowest BCUT2D eigenvalue weighted by atomic mass is 9.89. The van der Waals surface area contributed by atoms with Crippen molar-refractivity contribution in [3.63, 3.8) is 0 Å². The van der Waals surface area contributed by atoms with Gasteiger partial charge in [0.15, 0.2) is 0 Å². The Bertz CT molecular complexity index is 937. The van der Waals surface area contributed by atoms with Crippen molar-refractivity contribution in [2.75, 3.05) is 5.32 Å². The molecular weight excluding hydrogens is 345 g/mol. The van der Waals surface area contributed by atoms with E-state index in [-0.39, 0.29) is 17.6 Å². The maximum Gasteiger partial charge on any atom is 0.225 e. The number of anilines is 1. The third kappa shape index (κ3) is 2.62. The zero-order chi connectivity index (χ0) is 16.7. The van der Waals surface area contributed by atoms with Gasteiger partial charge in [0.25, 0.3) is 0 Å². The number of amides is 1. The second-order valence-corrected chi connectivity index (χ2v) is 7.04. The summed E-state index contributed by atoms with van der Waals surface area (Å²) in [5, 5.41) is 5.58. The maximum absolute atomic E-state index is 13.6. The van der Waals surface area contributed by atoms with E-state index in [0.29, 0.717) is 11.4 Å². The van der Waals surface area contributed by atoms with E-state index in [1.54, 1.807) is 17.4 Å². The van der Waals surface area contributed by atoms with Crippen molar-refractivity contribution >= 4 is 34.5 Å². The van der Waals surface area contributed by atoms with Gasteiger partial charge in [-0.1, -0.05) is 41.9 Å². The van der Waals surface area contributed by atoms with Crippen molar-refractivity contribution in [1.29, 1.82) is 0 Å². The molecule has 0 bridgehead atoms. The fourth-order valence-corrected chi connectivity index (χ4v) is 4.52. The third-order valence-electron chi connectivity index (χ3n) is 4.21. The van der Waals surface area contributed by atoms with Crippen LogP contribution in [0.1, 0.15) is 22.8 Å². The molecule has 0 spiro atoms. The van der Waals surface area contributed by atoms with Crippen LogP contribution in [0.5, 0.6) is 0 Å². The van der Waals surface area contributed by atoms with E-state index in [1.807, 2.05) is 35.7 Å². The molecule has 1 unspecified atom stereocenters. The Labute approximate surface area is 147 Å². The number of rotatable bonds is 2. The number of nitrogens with one attached hydrogen (secondary N) is 1. The second-order valence-electron chi connectivity index (χ2n) is 5.73. The van der Waals surface area contributed by atoms with E-state index in [2.05, 4.69) is 5.32 Å². The molecule has 1 atom stereocenters. The van der Waals surface area contributed by atoms with E-state index in [4.69, 9.17) is 11.6 Å². The minimum atomic E-state index is -0.294. The van der Waals surface area contributed by atoms with Crippen LogP contribution in [0.3, 0.4) is 0 Å². The molecule has 2 nitrogen and oxygen atoms in total. The molecule has 1 aromatic heterocycles. The van der Waals surface area contributed by atoms with E-state index < -0.39 is 0 Å². The topological polar surface area (TPSA) is 29.1 Å². The molecule has 3 aromatic rings. The van der Waals surface area contributed by atoms with Gasteiger partial charge < -0.3 is 5.32 Å². The molecular formula is C19H13ClFNOS. The van der Waals surface area contributed by atoms with E-state index in [1.165, 1.54) is 12.1 Å². The highest BCUT2D eigenvalue weighted by Crippen LogP contribution is 2.47. The lowest BCUT2D eigenvalue weighted by Gasteiger charge is -2.24. The van der Waals surface area contributed by atoms with Crippen LogP contribution in [0.15, 0.2) is 53.9 Å². The average Bonchev–Trinajstić information content (AvgIpc) is 2.98. The van der Waals surface area contributed by atoms with Crippen LogP contribution in [-0.4, -0.2) is 5.91 Å². The second kappa shape index (κ2) is 6.04. The quantitative estimate of drug-likeness (QED) is 0.628. The van der Waals surface area contributed by atoms with Gasteiger partial charge in [-0.2, -0.15) is 0 Å². The van der Waals surface area contributed by atoms with Crippen molar-refractivity contribution in [2.24, 2.45) is 0 Å². The van der Waals surface area contributed by atoms with Gasteiger partial charge >= 0.3 is 0 Å². The first kappa shape index (κ1) is 15.4. The fraction of sp³-hybridized carbons (Fsp3) is 0.105. The predicted octanol–water partition coefficient (Wildman–Crippen LogP) is 5.68. The summed E-state index contributed by atoms with van der Waals surface area (Å²) in [4.78, 5) is 13.3. The van der Waals surface area contributed by atoms with Crippen LogP contribution < -0.4 is 5.32 Å². The molecule has 0 saturated heterocycles. The summed E-state index contributed by atoms with van der Waals surface area (Å²) in [7, 11) is 0. The molecule has 1 N–H and O–H groups in total. The first-order valence-corrected chi connectivity index (χ1v) is 8.81. The molecule has 1 aliphatic heterocycles. The number of fused-ring (bicyclic) bond motifs is 1. The third-order valence-corrected chi connectivity index (χ3v) is 5.65. The number of benzene rings is 2. The highest BCUT2D eigenvalue weighted by atomic mass is 35.5. The van der Waals surface area contributed by atoms with Gasteiger partial charge in [-0.15, -0.1) is 11.3 Å².